The quantitative estimate of drug-likeness (QED) is 0.569. The van der Waals surface area contributed by atoms with Crippen LogP contribution in [0.4, 0.5) is 0 Å². The minimum Gasteiger partial charge on any atom is -0.0625 e. The van der Waals surface area contributed by atoms with Gasteiger partial charge in [0.05, 0.1) is 0 Å². The second-order valence-corrected chi connectivity index (χ2v) is 4.82. The molecular formula is C11H24. The van der Waals surface area contributed by atoms with Crippen LogP contribution in [0.25, 0.3) is 0 Å². The Kier molecular flexibility index (Phi) is 2.98. The Labute approximate surface area is 72.9 Å². The van der Waals surface area contributed by atoms with E-state index in [-0.39, 0.29) is 1.43 Å². The monoisotopic (exact) mass is 157 g/mol. The molecule has 1 saturated carbocycles. The third-order valence-electron chi connectivity index (χ3n) is 3.40. The van der Waals surface area contributed by atoms with Crippen molar-refractivity contribution in [1.29, 1.82) is 0 Å². The van der Waals surface area contributed by atoms with Gasteiger partial charge in [0.1, 0.15) is 0 Å². The summed E-state index contributed by atoms with van der Waals surface area (Å²) in [7, 11) is 0. The maximum Gasteiger partial charge on any atom is 0 e. The molecule has 0 aromatic carbocycles. The first-order valence-corrected chi connectivity index (χ1v) is 5.11. The fourth-order valence-corrected chi connectivity index (χ4v) is 2.26. The molecule has 1 fully saturated rings. The van der Waals surface area contributed by atoms with Gasteiger partial charge in [0, 0.05) is 1.43 Å². The van der Waals surface area contributed by atoms with E-state index in [1.54, 1.807) is 0 Å². The molecule has 0 saturated heterocycles. The summed E-state index contributed by atoms with van der Waals surface area (Å²) >= 11 is 0. The first-order valence-electron chi connectivity index (χ1n) is 5.11. The SMILES string of the molecule is CC(C)C1CCC(C(C)C)C1.[2HH]. The van der Waals surface area contributed by atoms with Crippen molar-refractivity contribution >= 4 is 0 Å². The van der Waals surface area contributed by atoms with E-state index in [4.69, 9.17) is 0 Å². The van der Waals surface area contributed by atoms with Crippen LogP contribution in [0.15, 0.2) is 0 Å². The van der Waals surface area contributed by atoms with Crippen molar-refractivity contribution in [1.82, 2.24) is 0 Å². The van der Waals surface area contributed by atoms with Crippen molar-refractivity contribution in [3.8, 4) is 0 Å². The van der Waals surface area contributed by atoms with Crippen LogP contribution in [-0.4, -0.2) is 0 Å². The lowest BCUT2D eigenvalue weighted by Gasteiger charge is -2.16. The number of hydrogen-bond acceptors (Lipinski definition) is 0. The summed E-state index contributed by atoms with van der Waals surface area (Å²) in [6.45, 7) is 9.47. The molecule has 2 atom stereocenters. The van der Waals surface area contributed by atoms with Gasteiger partial charge in [-0.3, -0.25) is 0 Å². The highest BCUT2D eigenvalue weighted by molar-refractivity contribution is 4.78. The van der Waals surface area contributed by atoms with Crippen LogP contribution in [0.1, 0.15) is 48.4 Å². The molecule has 0 heterocycles. The van der Waals surface area contributed by atoms with Crippen molar-refractivity contribution in [3.05, 3.63) is 0 Å². The van der Waals surface area contributed by atoms with E-state index in [1.807, 2.05) is 0 Å². The topological polar surface area (TPSA) is 0 Å². The second-order valence-electron chi connectivity index (χ2n) is 4.82. The van der Waals surface area contributed by atoms with E-state index in [0.29, 0.717) is 0 Å². The molecule has 0 nitrogen and oxygen atoms in total. The first kappa shape index (κ1) is 9.09. The van der Waals surface area contributed by atoms with Gasteiger partial charge in [0.2, 0.25) is 0 Å². The normalized spacial score (nSPS) is 32.2. The molecule has 0 spiro atoms. The van der Waals surface area contributed by atoms with Gasteiger partial charge in [-0.15, -0.1) is 0 Å². The summed E-state index contributed by atoms with van der Waals surface area (Å²) in [6, 6.07) is 0. The smallest absolute Gasteiger partial charge is 0 e. The lowest BCUT2D eigenvalue weighted by Crippen LogP contribution is -2.07. The van der Waals surface area contributed by atoms with Crippen LogP contribution in [0.3, 0.4) is 0 Å². The van der Waals surface area contributed by atoms with E-state index in [1.165, 1.54) is 19.3 Å². The molecule has 68 valence electrons. The van der Waals surface area contributed by atoms with Crippen LogP contribution in [0.5, 0.6) is 0 Å². The minimum absolute atomic E-state index is 0. The summed E-state index contributed by atoms with van der Waals surface area (Å²) in [6.07, 6.45) is 4.47. The predicted molar refractivity (Wildman–Crippen MR) is 52.6 cm³/mol. The molecule has 11 heavy (non-hydrogen) atoms. The molecule has 0 amide bonds. The Balaban J connectivity index is 0.00000121. The highest BCUT2D eigenvalue weighted by atomic mass is 14.3. The summed E-state index contributed by atoms with van der Waals surface area (Å²) in [5, 5.41) is 0. The van der Waals surface area contributed by atoms with Gasteiger partial charge in [0.25, 0.3) is 0 Å². The molecular weight excluding hydrogens is 132 g/mol. The van der Waals surface area contributed by atoms with E-state index in [9.17, 15) is 0 Å². The van der Waals surface area contributed by atoms with Crippen molar-refractivity contribution < 1.29 is 1.43 Å². The number of hydrogen-bond donors (Lipinski definition) is 0. The molecule has 0 N–H and O–H groups in total. The Morgan fingerprint density at radius 3 is 1.45 bits per heavy atom. The molecule has 0 heteroatoms. The fourth-order valence-electron chi connectivity index (χ4n) is 2.26. The maximum absolute atomic E-state index is 2.37. The summed E-state index contributed by atoms with van der Waals surface area (Å²) in [5.41, 5.74) is 0. The Hall–Kier alpha value is 0. The van der Waals surface area contributed by atoms with Gasteiger partial charge in [-0.25, -0.2) is 0 Å². The molecule has 0 aromatic heterocycles. The fraction of sp³-hybridized carbons (Fsp3) is 1.00. The third kappa shape index (κ3) is 2.21. The zero-order valence-corrected chi connectivity index (χ0v) is 8.43. The van der Waals surface area contributed by atoms with Crippen molar-refractivity contribution in [2.24, 2.45) is 23.7 Å². The van der Waals surface area contributed by atoms with Gasteiger partial charge in [-0.1, -0.05) is 27.7 Å². The average Bonchev–Trinajstić information content (AvgIpc) is 2.33. The lowest BCUT2D eigenvalue weighted by atomic mass is 9.89. The van der Waals surface area contributed by atoms with Crippen LogP contribution < -0.4 is 0 Å². The predicted octanol–water partition coefficient (Wildman–Crippen LogP) is 3.96. The molecule has 1 rings (SSSR count). The van der Waals surface area contributed by atoms with E-state index in [2.05, 4.69) is 27.7 Å². The van der Waals surface area contributed by atoms with Gasteiger partial charge in [-0.2, -0.15) is 0 Å². The van der Waals surface area contributed by atoms with Crippen molar-refractivity contribution in [2.45, 2.75) is 47.0 Å². The van der Waals surface area contributed by atoms with E-state index >= 15 is 0 Å². The van der Waals surface area contributed by atoms with E-state index < -0.39 is 0 Å². The van der Waals surface area contributed by atoms with E-state index in [0.717, 1.165) is 23.7 Å². The van der Waals surface area contributed by atoms with Gasteiger partial charge >= 0.3 is 0 Å². The Bertz CT molecular complexity index is 104. The highest BCUT2D eigenvalue weighted by Crippen LogP contribution is 2.38. The van der Waals surface area contributed by atoms with Gasteiger partial charge < -0.3 is 0 Å². The molecule has 2 unspecified atom stereocenters. The molecule has 0 aliphatic heterocycles. The van der Waals surface area contributed by atoms with Crippen LogP contribution in [-0.2, 0) is 0 Å². The maximum atomic E-state index is 2.37. The molecule has 0 radical (unpaired) electrons. The minimum atomic E-state index is 0. The summed E-state index contributed by atoms with van der Waals surface area (Å²) in [5.74, 6) is 3.89. The van der Waals surface area contributed by atoms with Gasteiger partial charge in [0.15, 0.2) is 0 Å². The first-order chi connectivity index (χ1) is 5.11. The summed E-state index contributed by atoms with van der Waals surface area (Å²) < 4.78 is 0. The average molecular weight is 157 g/mol. The van der Waals surface area contributed by atoms with Crippen molar-refractivity contribution in [3.63, 3.8) is 0 Å². The Morgan fingerprint density at radius 2 is 1.27 bits per heavy atom. The highest BCUT2D eigenvalue weighted by Gasteiger charge is 2.28. The van der Waals surface area contributed by atoms with Crippen molar-refractivity contribution in [2.75, 3.05) is 0 Å². The molecule has 1 aliphatic carbocycles. The molecule has 1 aliphatic rings. The standard InChI is InChI=1S/C11H22.H2/c1-8(2)10-5-6-11(7-10)9(3)4;/h8-11H,5-7H2,1-4H3;1H/i;1+1. The molecule has 0 aromatic rings. The second kappa shape index (κ2) is 3.60. The third-order valence-corrected chi connectivity index (χ3v) is 3.40. The van der Waals surface area contributed by atoms with Crippen LogP contribution >= 0.6 is 0 Å². The summed E-state index contributed by atoms with van der Waals surface area (Å²) in [4.78, 5) is 0. The zero-order valence-electron chi connectivity index (χ0n) is 8.43. The number of rotatable bonds is 2. The zero-order chi connectivity index (χ0) is 8.43. The lowest BCUT2D eigenvalue weighted by molar-refractivity contribution is 0.340. The molecule has 0 bridgehead atoms. The largest absolute Gasteiger partial charge is 0.0625 e. The Morgan fingerprint density at radius 1 is 0.909 bits per heavy atom. The van der Waals surface area contributed by atoms with Crippen LogP contribution in [0.2, 0.25) is 0 Å². The van der Waals surface area contributed by atoms with Crippen LogP contribution in [0, 0.1) is 23.7 Å². The van der Waals surface area contributed by atoms with Gasteiger partial charge in [-0.05, 0) is 42.9 Å².